The minimum atomic E-state index is -0.686. The number of hydrogen-bond donors (Lipinski definition) is 2. The van der Waals surface area contributed by atoms with Gasteiger partial charge in [0.1, 0.15) is 5.69 Å². The molecule has 8 nitrogen and oxygen atoms in total. The van der Waals surface area contributed by atoms with Gasteiger partial charge in [0.25, 0.3) is 11.5 Å². The Morgan fingerprint density at radius 1 is 1.09 bits per heavy atom. The number of pyridine rings is 2. The van der Waals surface area contributed by atoms with E-state index in [1.807, 2.05) is 43.3 Å². The number of amides is 2. The first-order valence-electron chi connectivity index (χ1n) is 11.5. The van der Waals surface area contributed by atoms with E-state index in [0.717, 1.165) is 5.56 Å². The summed E-state index contributed by atoms with van der Waals surface area (Å²) in [6.07, 6.45) is 1.55. The predicted molar refractivity (Wildman–Crippen MR) is 126 cm³/mol. The van der Waals surface area contributed by atoms with Crippen LogP contribution in [0.15, 0.2) is 71.7 Å². The average Bonchev–Trinajstić information content (AvgIpc) is 3.11. The zero-order chi connectivity index (χ0) is 23.8. The second-order valence-electron chi connectivity index (χ2n) is 8.66. The van der Waals surface area contributed by atoms with Crippen LogP contribution in [0.5, 0.6) is 0 Å². The summed E-state index contributed by atoms with van der Waals surface area (Å²) in [6, 6.07) is 16.9. The van der Waals surface area contributed by atoms with Crippen molar-refractivity contribution >= 4 is 11.8 Å². The van der Waals surface area contributed by atoms with Crippen LogP contribution in [-0.4, -0.2) is 50.6 Å². The van der Waals surface area contributed by atoms with Gasteiger partial charge in [-0.3, -0.25) is 19.4 Å². The molecule has 4 heterocycles. The summed E-state index contributed by atoms with van der Waals surface area (Å²) < 4.78 is 1.67. The maximum absolute atomic E-state index is 13.6. The van der Waals surface area contributed by atoms with Crippen molar-refractivity contribution in [1.82, 2.24) is 19.8 Å². The molecule has 3 aromatic rings. The van der Waals surface area contributed by atoms with Crippen molar-refractivity contribution in [3.63, 3.8) is 0 Å². The summed E-state index contributed by atoms with van der Waals surface area (Å²) in [6.45, 7) is 2.18. The Kier molecular flexibility index (Phi) is 5.75. The Labute approximate surface area is 196 Å². The van der Waals surface area contributed by atoms with Crippen LogP contribution in [0, 0.1) is 11.8 Å². The summed E-state index contributed by atoms with van der Waals surface area (Å²) in [5, 5.41) is 13.2. The smallest absolute Gasteiger partial charge is 0.273 e. The second kappa shape index (κ2) is 8.87. The van der Waals surface area contributed by atoms with Gasteiger partial charge in [0.15, 0.2) is 0 Å². The van der Waals surface area contributed by atoms with Crippen LogP contribution in [0.1, 0.15) is 29.1 Å². The lowest BCUT2D eigenvalue weighted by Crippen LogP contribution is -2.49. The van der Waals surface area contributed by atoms with Crippen molar-refractivity contribution < 1.29 is 14.7 Å². The molecule has 8 heteroatoms. The van der Waals surface area contributed by atoms with E-state index in [1.165, 1.54) is 0 Å². The first kappa shape index (κ1) is 22.0. The molecule has 2 bridgehead atoms. The van der Waals surface area contributed by atoms with E-state index < -0.39 is 23.9 Å². The zero-order valence-corrected chi connectivity index (χ0v) is 18.8. The van der Waals surface area contributed by atoms with Crippen LogP contribution >= 0.6 is 0 Å². The molecule has 5 rings (SSSR count). The van der Waals surface area contributed by atoms with Crippen molar-refractivity contribution in [2.75, 3.05) is 13.2 Å². The first-order chi connectivity index (χ1) is 16.6. The number of nitrogens with zero attached hydrogens (tertiary/aromatic N) is 3. The molecule has 2 N–H and O–H groups in total. The highest BCUT2D eigenvalue weighted by atomic mass is 16.3. The third kappa shape index (κ3) is 3.42. The topological polar surface area (TPSA) is 105 Å². The molecule has 174 valence electrons. The molecule has 1 fully saturated rings. The molecule has 1 saturated heterocycles. The van der Waals surface area contributed by atoms with Gasteiger partial charge in [-0.2, -0.15) is 0 Å². The molecule has 34 heavy (non-hydrogen) atoms. The lowest BCUT2D eigenvalue weighted by molar-refractivity contribution is -0.127. The fourth-order valence-electron chi connectivity index (χ4n) is 5.44. The van der Waals surface area contributed by atoms with Crippen LogP contribution in [0.25, 0.3) is 11.1 Å². The van der Waals surface area contributed by atoms with Crippen LogP contribution < -0.4 is 10.9 Å². The number of aliphatic hydroxyl groups excluding tert-OH is 1. The maximum atomic E-state index is 13.6. The lowest BCUT2D eigenvalue weighted by atomic mass is 9.86. The first-order valence-corrected chi connectivity index (χ1v) is 11.5. The van der Waals surface area contributed by atoms with E-state index in [2.05, 4.69) is 10.3 Å². The normalized spacial score (nSPS) is 22.8. The van der Waals surface area contributed by atoms with Crippen LogP contribution in [0.3, 0.4) is 0 Å². The fraction of sp³-hybridized carbons (Fsp3) is 0.308. The highest BCUT2D eigenvalue weighted by Gasteiger charge is 2.57. The summed E-state index contributed by atoms with van der Waals surface area (Å²) in [4.78, 5) is 46.2. The number of aromatic nitrogens is 2. The number of carbonyl (C=O) groups is 2. The molecule has 0 aliphatic carbocycles. The van der Waals surface area contributed by atoms with Crippen molar-refractivity contribution in [3.05, 3.63) is 88.6 Å². The number of rotatable bonds is 5. The summed E-state index contributed by atoms with van der Waals surface area (Å²) in [5.74, 6) is -1.74. The van der Waals surface area contributed by atoms with Crippen LogP contribution in [0.4, 0.5) is 0 Å². The zero-order valence-electron chi connectivity index (χ0n) is 18.8. The Balaban J connectivity index is 1.67. The highest BCUT2D eigenvalue weighted by Crippen LogP contribution is 2.49. The number of benzene rings is 1. The van der Waals surface area contributed by atoms with Gasteiger partial charge >= 0.3 is 0 Å². The van der Waals surface area contributed by atoms with Gasteiger partial charge in [-0.1, -0.05) is 36.4 Å². The quantitative estimate of drug-likeness (QED) is 0.607. The molecule has 4 atom stereocenters. The van der Waals surface area contributed by atoms with Gasteiger partial charge < -0.3 is 19.9 Å². The van der Waals surface area contributed by atoms with Gasteiger partial charge in [0, 0.05) is 43.1 Å². The van der Waals surface area contributed by atoms with Crippen molar-refractivity contribution in [3.8, 4) is 11.1 Å². The van der Waals surface area contributed by atoms with Crippen LogP contribution in [-0.2, 0) is 11.3 Å². The predicted octanol–water partition coefficient (Wildman–Crippen LogP) is 1.85. The Bertz CT molecular complexity index is 1270. The molecular formula is C26H26N4O4. The second-order valence-corrected chi connectivity index (χ2v) is 8.66. The molecule has 0 spiro atoms. The van der Waals surface area contributed by atoms with Gasteiger partial charge in [-0.25, -0.2) is 0 Å². The molecular weight excluding hydrogens is 432 g/mol. The Morgan fingerprint density at radius 2 is 1.85 bits per heavy atom. The van der Waals surface area contributed by atoms with Crippen LogP contribution in [0.2, 0.25) is 0 Å². The standard InChI is InChI=1S/C26H26N4O4/c1-2-27-24(32)22-18(15-31)21-14-29-20(12-11-17(25(29)33)16-8-4-3-5-9-16)23(22)30(21)26(34)19-10-6-7-13-28-19/h3-13,18,21-23,31H,2,14-15H2,1H3,(H,27,32)/t18-,21-,22+,23+/m1/s1. The third-order valence-corrected chi connectivity index (χ3v) is 6.90. The fourth-order valence-corrected chi connectivity index (χ4v) is 5.44. The third-order valence-electron chi connectivity index (χ3n) is 6.90. The van der Waals surface area contributed by atoms with Crippen molar-refractivity contribution in [1.29, 1.82) is 0 Å². The largest absolute Gasteiger partial charge is 0.396 e. The summed E-state index contributed by atoms with van der Waals surface area (Å²) >= 11 is 0. The van der Waals surface area contributed by atoms with E-state index >= 15 is 0 Å². The molecule has 0 saturated carbocycles. The monoisotopic (exact) mass is 458 g/mol. The average molecular weight is 459 g/mol. The van der Waals surface area contributed by atoms with E-state index in [0.29, 0.717) is 17.8 Å². The van der Waals surface area contributed by atoms with Gasteiger partial charge in [0.05, 0.1) is 18.0 Å². The Hall–Kier alpha value is -3.78. The SMILES string of the molecule is CCNC(=O)[C@H]1[C@H](CO)[C@H]2Cn3c(ccc(-c4ccccc4)c3=O)[C@@H]1N2C(=O)c1ccccn1. The highest BCUT2D eigenvalue weighted by molar-refractivity contribution is 5.94. The molecule has 2 amide bonds. The molecule has 1 aromatic carbocycles. The molecule has 0 radical (unpaired) electrons. The van der Waals surface area contributed by atoms with E-state index in [9.17, 15) is 19.5 Å². The van der Waals surface area contributed by atoms with E-state index in [1.54, 1.807) is 39.9 Å². The minimum Gasteiger partial charge on any atom is -0.396 e. The van der Waals surface area contributed by atoms with Gasteiger partial charge in [0.2, 0.25) is 5.91 Å². The molecule has 2 aromatic heterocycles. The van der Waals surface area contributed by atoms with Crippen molar-refractivity contribution in [2.45, 2.75) is 25.6 Å². The molecule has 0 unspecified atom stereocenters. The summed E-state index contributed by atoms with van der Waals surface area (Å²) in [5.41, 5.74) is 2.06. The van der Waals surface area contributed by atoms with E-state index in [4.69, 9.17) is 0 Å². The summed E-state index contributed by atoms with van der Waals surface area (Å²) in [7, 11) is 0. The van der Waals surface area contributed by atoms with Gasteiger partial charge in [-0.15, -0.1) is 0 Å². The number of hydrogen-bond acceptors (Lipinski definition) is 5. The van der Waals surface area contributed by atoms with Gasteiger partial charge in [-0.05, 0) is 36.8 Å². The maximum Gasteiger partial charge on any atom is 0.273 e. The molecule has 2 aliphatic heterocycles. The molecule has 2 aliphatic rings. The Morgan fingerprint density at radius 3 is 2.53 bits per heavy atom. The van der Waals surface area contributed by atoms with E-state index in [-0.39, 0.29) is 36.2 Å². The lowest BCUT2D eigenvalue weighted by Gasteiger charge is -2.38. The minimum absolute atomic E-state index is 0.170. The number of nitrogens with one attached hydrogen (secondary N) is 1. The van der Waals surface area contributed by atoms with Crippen molar-refractivity contribution in [2.24, 2.45) is 11.8 Å². The number of fused-ring (bicyclic) bond motifs is 4. The number of carbonyl (C=O) groups excluding carboxylic acids is 2. The number of aliphatic hydroxyl groups is 1.